The second-order valence-corrected chi connectivity index (χ2v) is 7.06. The van der Waals surface area contributed by atoms with Gasteiger partial charge in [-0.2, -0.15) is 5.10 Å². The quantitative estimate of drug-likeness (QED) is 0.879. The first-order valence-electron chi connectivity index (χ1n) is 8.26. The third kappa shape index (κ3) is 4.08. The highest BCUT2D eigenvalue weighted by Crippen LogP contribution is 2.24. The normalized spacial score (nSPS) is 21.0. The Morgan fingerprint density at radius 3 is 2.76 bits per heavy atom. The molecule has 0 aliphatic carbocycles. The second-order valence-electron chi connectivity index (χ2n) is 6.27. The summed E-state index contributed by atoms with van der Waals surface area (Å²) in [6, 6.07) is 0.593. The summed E-state index contributed by atoms with van der Waals surface area (Å²) in [5.41, 5.74) is 2.51. The number of nitrogens with zero attached hydrogens (tertiary/aromatic N) is 3. The summed E-state index contributed by atoms with van der Waals surface area (Å²) in [5.74, 6) is 0.677. The molecule has 1 fully saturated rings. The Labute approximate surface area is 137 Å². The summed E-state index contributed by atoms with van der Waals surface area (Å²) in [7, 11) is 0. The van der Waals surface area contributed by atoms with Crippen molar-refractivity contribution in [1.82, 2.24) is 20.0 Å². The fourth-order valence-electron chi connectivity index (χ4n) is 2.99. The maximum absolute atomic E-state index is 4.72. The molecule has 120 valence electrons. The highest BCUT2D eigenvalue weighted by Gasteiger charge is 2.23. The lowest BCUT2D eigenvalue weighted by Crippen LogP contribution is -2.41. The molecule has 1 unspecified atom stereocenters. The number of hydrogen-bond donors (Lipinski definition) is 1. The molecule has 1 aromatic rings. The van der Waals surface area contributed by atoms with Crippen molar-refractivity contribution in [1.29, 1.82) is 0 Å². The predicted octanol–water partition coefficient (Wildman–Crippen LogP) is 3.05. The van der Waals surface area contributed by atoms with Gasteiger partial charge in [-0.05, 0) is 54.7 Å². The van der Waals surface area contributed by atoms with Crippen molar-refractivity contribution in [3.63, 3.8) is 0 Å². The van der Waals surface area contributed by atoms with Gasteiger partial charge in [-0.25, -0.2) is 0 Å². The number of nitrogens with one attached hydrogen (secondary N) is 1. The van der Waals surface area contributed by atoms with Gasteiger partial charge < -0.3 is 5.32 Å². The predicted molar refractivity (Wildman–Crippen MR) is 91.5 cm³/mol. The van der Waals surface area contributed by atoms with Crippen LogP contribution in [0, 0.1) is 5.92 Å². The zero-order chi connectivity index (χ0) is 15.4. The fourth-order valence-corrected chi connectivity index (χ4v) is 3.68. The Hall–Kier alpha value is -0.390. The van der Waals surface area contributed by atoms with E-state index >= 15 is 0 Å². The lowest BCUT2D eigenvalue weighted by molar-refractivity contribution is 0.232. The monoisotopic (exact) mass is 356 g/mol. The molecule has 4 nitrogen and oxygen atoms in total. The molecule has 0 saturated carbocycles. The number of hydrogen-bond acceptors (Lipinski definition) is 3. The van der Waals surface area contributed by atoms with Gasteiger partial charge in [-0.1, -0.05) is 20.8 Å². The topological polar surface area (TPSA) is 33.1 Å². The highest BCUT2D eigenvalue weighted by molar-refractivity contribution is 9.10. The molecule has 0 aromatic carbocycles. The molecular formula is C16H29BrN4. The molecule has 5 heteroatoms. The van der Waals surface area contributed by atoms with Gasteiger partial charge >= 0.3 is 0 Å². The van der Waals surface area contributed by atoms with Crippen molar-refractivity contribution in [2.24, 2.45) is 5.92 Å². The molecule has 1 aliphatic rings. The van der Waals surface area contributed by atoms with Gasteiger partial charge in [0.1, 0.15) is 0 Å². The first-order valence-corrected chi connectivity index (χ1v) is 9.05. The SMILES string of the molecule is CCc1nn(CC)c(CN2CCCNC(C(C)C)C2)c1Br. The lowest BCUT2D eigenvalue weighted by Gasteiger charge is -2.27. The summed E-state index contributed by atoms with van der Waals surface area (Å²) in [4.78, 5) is 2.58. The van der Waals surface area contributed by atoms with E-state index in [0.717, 1.165) is 32.6 Å². The summed E-state index contributed by atoms with van der Waals surface area (Å²) in [6.45, 7) is 14.3. The van der Waals surface area contributed by atoms with E-state index in [-0.39, 0.29) is 0 Å². The van der Waals surface area contributed by atoms with Gasteiger partial charge in [0, 0.05) is 25.7 Å². The van der Waals surface area contributed by atoms with Crippen LogP contribution in [0.4, 0.5) is 0 Å². The van der Waals surface area contributed by atoms with Gasteiger partial charge in [0.05, 0.1) is 15.9 Å². The third-order valence-corrected chi connectivity index (χ3v) is 5.30. The van der Waals surface area contributed by atoms with Crippen molar-refractivity contribution in [3.8, 4) is 0 Å². The molecule has 0 radical (unpaired) electrons. The standard InChI is InChI=1S/C16H29BrN4/c1-5-13-16(17)15(21(6-2)19-13)11-20-9-7-8-18-14(10-20)12(3)4/h12,14,18H,5-11H2,1-4H3. The van der Waals surface area contributed by atoms with E-state index in [1.807, 2.05) is 0 Å². The van der Waals surface area contributed by atoms with Crippen LogP contribution in [0.15, 0.2) is 4.47 Å². The average molecular weight is 357 g/mol. The van der Waals surface area contributed by atoms with Crippen molar-refractivity contribution in [3.05, 3.63) is 15.9 Å². The molecule has 2 rings (SSSR count). The van der Waals surface area contributed by atoms with Gasteiger partial charge in [0.25, 0.3) is 0 Å². The first-order chi connectivity index (χ1) is 10.1. The number of aryl methyl sites for hydroxylation is 2. The van der Waals surface area contributed by atoms with Crippen molar-refractivity contribution in [2.45, 2.75) is 59.7 Å². The van der Waals surface area contributed by atoms with Crippen LogP contribution in [0.1, 0.15) is 45.5 Å². The Balaban J connectivity index is 2.14. The molecule has 0 amide bonds. The minimum absolute atomic E-state index is 0.593. The Morgan fingerprint density at radius 1 is 1.38 bits per heavy atom. The van der Waals surface area contributed by atoms with E-state index in [1.54, 1.807) is 0 Å². The zero-order valence-corrected chi connectivity index (χ0v) is 15.4. The fraction of sp³-hybridized carbons (Fsp3) is 0.812. The van der Waals surface area contributed by atoms with Crippen LogP contribution in [-0.4, -0.2) is 40.4 Å². The number of halogens is 1. The molecule has 2 heterocycles. The minimum atomic E-state index is 0.593. The molecule has 1 atom stereocenters. The van der Waals surface area contributed by atoms with Gasteiger partial charge in [0.15, 0.2) is 0 Å². The van der Waals surface area contributed by atoms with Crippen LogP contribution < -0.4 is 5.32 Å². The molecule has 0 spiro atoms. The minimum Gasteiger partial charge on any atom is -0.312 e. The maximum atomic E-state index is 4.72. The molecule has 1 aromatic heterocycles. The highest BCUT2D eigenvalue weighted by atomic mass is 79.9. The van der Waals surface area contributed by atoms with E-state index in [1.165, 1.54) is 28.8 Å². The van der Waals surface area contributed by atoms with Crippen LogP contribution in [-0.2, 0) is 19.5 Å². The molecule has 1 saturated heterocycles. The smallest absolute Gasteiger partial charge is 0.0767 e. The van der Waals surface area contributed by atoms with Crippen LogP contribution in [0.25, 0.3) is 0 Å². The summed E-state index contributed by atoms with van der Waals surface area (Å²) < 4.78 is 3.37. The summed E-state index contributed by atoms with van der Waals surface area (Å²) >= 11 is 3.77. The largest absolute Gasteiger partial charge is 0.312 e. The zero-order valence-electron chi connectivity index (χ0n) is 13.8. The summed E-state index contributed by atoms with van der Waals surface area (Å²) in [6.07, 6.45) is 2.21. The van der Waals surface area contributed by atoms with E-state index in [2.05, 4.69) is 58.5 Å². The van der Waals surface area contributed by atoms with Crippen LogP contribution in [0.3, 0.4) is 0 Å². The van der Waals surface area contributed by atoms with Crippen LogP contribution >= 0.6 is 15.9 Å². The summed E-state index contributed by atoms with van der Waals surface area (Å²) in [5, 5.41) is 8.40. The van der Waals surface area contributed by atoms with Gasteiger partial charge in [-0.3, -0.25) is 9.58 Å². The molecule has 21 heavy (non-hydrogen) atoms. The molecular weight excluding hydrogens is 328 g/mol. The molecule has 1 N–H and O–H groups in total. The van der Waals surface area contributed by atoms with Gasteiger partial charge in [0.2, 0.25) is 0 Å². The van der Waals surface area contributed by atoms with Crippen LogP contribution in [0.2, 0.25) is 0 Å². The Morgan fingerprint density at radius 2 is 2.14 bits per heavy atom. The Bertz CT molecular complexity index is 455. The van der Waals surface area contributed by atoms with Crippen LogP contribution in [0.5, 0.6) is 0 Å². The Kier molecular flexibility index (Phi) is 6.26. The molecule has 0 bridgehead atoms. The van der Waals surface area contributed by atoms with E-state index in [9.17, 15) is 0 Å². The number of aromatic nitrogens is 2. The third-order valence-electron chi connectivity index (χ3n) is 4.38. The van der Waals surface area contributed by atoms with E-state index in [0.29, 0.717) is 12.0 Å². The average Bonchev–Trinajstić information content (AvgIpc) is 2.65. The second kappa shape index (κ2) is 7.75. The van der Waals surface area contributed by atoms with Crippen molar-refractivity contribution >= 4 is 15.9 Å². The van der Waals surface area contributed by atoms with Crippen molar-refractivity contribution < 1.29 is 0 Å². The first kappa shape index (κ1) is 17.0. The van der Waals surface area contributed by atoms with Gasteiger partial charge in [-0.15, -0.1) is 0 Å². The maximum Gasteiger partial charge on any atom is 0.0767 e. The lowest BCUT2D eigenvalue weighted by atomic mass is 10.0. The van der Waals surface area contributed by atoms with Crippen molar-refractivity contribution in [2.75, 3.05) is 19.6 Å². The van der Waals surface area contributed by atoms with E-state index in [4.69, 9.17) is 5.10 Å². The van der Waals surface area contributed by atoms with E-state index < -0.39 is 0 Å². The molecule has 1 aliphatic heterocycles. The number of rotatable bonds is 5.